The van der Waals surface area contributed by atoms with Gasteiger partial charge in [0.1, 0.15) is 0 Å². The van der Waals surface area contributed by atoms with Crippen LogP contribution < -0.4 is 10.6 Å². The van der Waals surface area contributed by atoms with Crippen molar-refractivity contribution in [3.8, 4) is 0 Å². The summed E-state index contributed by atoms with van der Waals surface area (Å²) in [5, 5.41) is 6.03. The molecule has 0 spiro atoms. The molecule has 1 fully saturated rings. The number of carbonyl (C=O) groups is 2. The largest absolute Gasteiger partial charge is 0.325 e. The monoisotopic (exact) mass is 278 g/mol. The molecular weight excluding hydrogens is 260 g/mol. The topological polar surface area (TPSA) is 58.2 Å². The van der Waals surface area contributed by atoms with E-state index in [1.165, 1.54) is 6.92 Å². The highest BCUT2D eigenvalue weighted by Gasteiger charge is 2.16. The summed E-state index contributed by atoms with van der Waals surface area (Å²) in [4.78, 5) is 23.0. The normalized spacial score (nSPS) is 14.8. The number of hydrogen-bond donors (Lipinski definition) is 2. The molecule has 4 nitrogen and oxygen atoms in total. The summed E-state index contributed by atoms with van der Waals surface area (Å²) in [5.41, 5.74) is 1.30. The molecular formula is C14H18N2O2S. The number of anilines is 1. The van der Waals surface area contributed by atoms with Gasteiger partial charge in [-0.25, -0.2) is 0 Å². The molecule has 0 unspecified atom stereocenters. The highest BCUT2D eigenvalue weighted by atomic mass is 32.2. The second kappa shape index (κ2) is 6.73. The van der Waals surface area contributed by atoms with Gasteiger partial charge in [-0.1, -0.05) is 12.1 Å². The van der Waals surface area contributed by atoms with E-state index in [-0.39, 0.29) is 11.7 Å². The van der Waals surface area contributed by atoms with Crippen molar-refractivity contribution in [2.75, 3.05) is 29.9 Å². The first-order chi connectivity index (χ1) is 9.15. The third-order valence-electron chi connectivity index (χ3n) is 3.01. The molecule has 1 aliphatic rings. The molecule has 102 valence electrons. The molecule has 5 heteroatoms. The van der Waals surface area contributed by atoms with Gasteiger partial charge in [-0.3, -0.25) is 9.59 Å². The molecule has 1 aliphatic heterocycles. The predicted molar refractivity (Wildman–Crippen MR) is 78.8 cm³/mol. The van der Waals surface area contributed by atoms with Gasteiger partial charge in [-0.15, -0.1) is 0 Å². The lowest BCUT2D eigenvalue weighted by Gasteiger charge is -2.26. The molecule has 0 aliphatic carbocycles. The van der Waals surface area contributed by atoms with Crippen molar-refractivity contribution in [2.45, 2.75) is 6.92 Å². The number of Topliss-reactive ketones (excluding diaryl/α,β-unsaturated/α-hetero) is 1. The smallest absolute Gasteiger partial charge is 0.234 e. The molecule has 2 rings (SSSR count). The number of ketones is 1. The van der Waals surface area contributed by atoms with E-state index in [0.29, 0.717) is 22.9 Å². The van der Waals surface area contributed by atoms with Gasteiger partial charge >= 0.3 is 0 Å². The Morgan fingerprint density at radius 3 is 2.84 bits per heavy atom. The Hall–Kier alpha value is -1.33. The molecule has 2 N–H and O–H groups in total. The summed E-state index contributed by atoms with van der Waals surface area (Å²) in [6, 6.07) is 7.03. The van der Waals surface area contributed by atoms with Crippen LogP contribution in [0.5, 0.6) is 0 Å². The fourth-order valence-corrected chi connectivity index (χ4v) is 2.74. The summed E-state index contributed by atoms with van der Waals surface area (Å²) >= 11 is 1.66. The fourth-order valence-electron chi connectivity index (χ4n) is 1.80. The lowest BCUT2D eigenvalue weighted by Crippen LogP contribution is -2.43. The fraction of sp³-hybridized carbons (Fsp3) is 0.429. The summed E-state index contributed by atoms with van der Waals surface area (Å²) in [6.07, 6.45) is 0. The maximum atomic E-state index is 11.7. The SMILES string of the molecule is CC(=O)c1cccc(NC(=O)CSCC2CNC2)c1. The standard InChI is InChI=1S/C14H18N2O2S/c1-10(17)12-3-2-4-13(5-12)16-14(18)9-19-8-11-6-15-7-11/h2-5,11,15H,6-9H2,1H3,(H,16,18). The summed E-state index contributed by atoms with van der Waals surface area (Å²) in [7, 11) is 0. The van der Waals surface area contributed by atoms with Crippen LogP contribution in [-0.2, 0) is 4.79 Å². The van der Waals surface area contributed by atoms with Crippen LogP contribution in [0.2, 0.25) is 0 Å². The van der Waals surface area contributed by atoms with Crippen molar-refractivity contribution in [1.29, 1.82) is 0 Å². The molecule has 0 bridgehead atoms. The van der Waals surface area contributed by atoms with Crippen LogP contribution in [0.3, 0.4) is 0 Å². The van der Waals surface area contributed by atoms with Crippen molar-refractivity contribution >= 4 is 29.1 Å². The Morgan fingerprint density at radius 2 is 2.21 bits per heavy atom. The third kappa shape index (κ3) is 4.36. The van der Waals surface area contributed by atoms with Gasteiger partial charge in [0.2, 0.25) is 5.91 Å². The molecule has 0 aromatic heterocycles. The number of carbonyl (C=O) groups excluding carboxylic acids is 2. The molecule has 1 heterocycles. The molecule has 0 saturated carbocycles. The minimum absolute atomic E-state index is 0.00274. The van der Waals surface area contributed by atoms with Crippen molar-refractivity contribution in [3.05, 3.63) is 29.8 Å². The highest BCUT2D eigenvalue weighted by molar-refractivity contribution is 7.99. The Bertz CT molecular complexity index is 472. The predicted octanol–water partition coefficient (Wildman–Crippen LogP) is 1.78. The average Bonchev–Trinajstić information content (AvgIpc) is 2.32. The van der Waals surface area contributed by atoms with Crippen LogP contribution in [0.15, 0.2) is 24.3 Å². The maximum Gasteiger partial charge on any atom is 0.234 e. The quantitative estimate of drug-likeness (QED) is 0.779. The van der Waals surface area contributed by atoms with Gasteiger partial charge in [0.25, 0.3) is 0 Å². The zero-order chi connectivity index (χ0) is 13.7. The first-order valence-corrected chi connectivity index (χ1v) is 7.50. The summed E-state index contributed by atoms with van der Waals surface area (Å²) in [5.74, 6) is 2.18. The van der Waals surface area contributed by atoms with Crippen LogP contribution >= 0.6 is 11.8 Å². The van der Waals surface area contributed by atoms with Gasteiger partial charge in [0, 0.05) is 11.3 Å². The van der Waals surface area contributed by atoms with E-state index in [0.717, 1.165) is 18.8 Å². The third-order valence-corrected chi connectivity index (χ3v) is 4.18. The van der Waals surface area contributed by atoms with Crippen LogP contribution in [0.25, 0.3) is 0 Å². The molecule has 1 aromatic rings. The van der Waals surface area contributed by atoms with E-state index in [2.05, 4.69) is 10.6 Å². The zero-order valence-corrected chi connectivity index (χ0v) is 11.8. The maximum absolute atomic E-state index is 11.7. The van der Waals surface area contributed by atoms with Crippen molar-refractivity contribution in [1.82, 2.24) is 5.32 Å². The van der Waals surface area contributed by atoms with E-state index < -0.39 is 0 Å². The Kier molecular flexibility index (Phi) is 4.99. The molecule has 1 amide bonds. The lowest BCUT2D eigenvalue weighted by atomic mass is 10.1. The first-order valence-electron chi connectivity index (χ1n) is 6.34. The number of nitrogens with one attached hydrogen (secondary N) is 2. The van der Waals surface area contributed by atoms with E-state index in [1.54, 1.807) is 36.0 Å². The van der Waals surface area contributed by atoms with Crippen molar-refractivity contribution in [3.63, 3.8) is 0 Å². The van der Waals surface area contributed by atoms with Gasteiger partial charge in [0.05, 0.1) is 5.75 Å². The van der Waals surface area contributed by atoms with Gasteiger partial charge < -0.3 is 10.6 Å². The Labute approximate surface area is 117 Å². The lowest BCUT2D eigenvalue weighted by molar-refractivity contribution is -0.113. The molecule has 0 radical (unpaired) electrons. The minimum atomic E-state index is -0.0158. The van der Waals surface area contributed by atoms with Gasteiger partial charge in [0.15, 0.2) is 5.78 Å². The van der Waals surface area contributed by atoms with E-state index in [4.69, 9.17) is 0 Å². The van der Waals surface area contributed by atoms with Crippen LogP contribution in [0.4, 0.5) is 5.69 Å². The first kappa shape index (κ1) is 14.1. The summed E-state index contributed by atoms with van der Waals surface area (Å²) in [6.45, 7) is 3.65. The van der Waals surface area contributed by atoms with Crippen molar-refractivity contribution < 1.29 is 9.59 Å². The number of amides is 1. The van der Waals surface area contributed by atoms with E-state index >= 15 is 0 Å². The van der Waals surface area contributed by atoms with Crippen molar-refractivity contribution in [2.24, 2.45) is 5.92 Å². The van der Waals surface area contributed by atoms with Crippen LogP contribution in [0.1, 0.15) is 17.3 Å². The molecule has 1 aromatic carbocycles. The van der Waals surface area contributed by atoms with E-state index in [1.807, 2.05) is 0 Å². The van der Waals surface area contributed by atoms with Crippen LogP contribution in [-0.4, -0.2) is 36.3 Å². The number of benzene rings is 1. The summed E-state index contributed by atoms with van der Waals surface area (Å²) < 4.78 is 0. The van der Waals surface area contributed by atoms with Crippen LogP contribution in [0, 0.1) is 5.92 Å². The molecule has 0 atom stereocenters. The second-order valence-corrected chi connectivity index (χ2v) is 5.75. The second-order valence-electron chi connectivity index (χ2n) is 4.72. The molecule has 1 saturated heterocycles. The van der Waals surface area contributed by atoms with Gasteiger partial charge in [-0.05, 0) is 43.8 Å². The Morgan fingerprint density at radius 1 is 1.42 bits per heavy atom. The number of thioether (sulfide) groups is 1. The van der Waals surface area contributed by atoms with Gasteiger partial charge in [-0.2, -0.15) is 11.8 Å². The highest BCUT2D eigenvalue weighted by Crippen LogP contribution is 2.14. The minimum Gasteiger partial charge on any atom is -0.325 e. The van der Waals surface area contributed by atoms with E-state index in [9.17, 15) is 9.59 Å². The Balaban J connectivity index is 1.77. The number of rotatable bonds is 6. The zero-order valence-electron chi connectivity index (χ0n) is 10.9. The number of hydrogen-bond acceptors (Lipinski definition) is 4. The molecule has 19 heavy (non-hydrogen) atoms. The average molecular weight is 278 g/mol.